The fourth-order valence-corrected chi connectivity index (χ4v) is 2.23. The monoisotopic (exact) mass is 288 g/mol. The van der Waals surface area contributed by atoms with Gasteiger partial charge in [-0.05, 0) is 46.2 Å². The molecular formula is C16H25BN2O2. The molecule has 1 unspecified atom stereocenters. The largest absolute Gasteiger partial charge is 0.487 e. The van der Waals surface area contributed by atoms with E-state index in [0.717, 1.165) is 17.7 Å². The zero-order valence-corrected chi connectivity index (χ0v) is 13.6. The Morgan fingerprint density at radius 2 is 1.90 bits per heavy atom. The highest BCUT2D eigenvalue weighted by Gasteiger charge is 2.49. The molecule has 1 aromatic rings. The van der Waals surface area contributed by atoms with Crippen molar-refractivity contribution < 1.29 is 9.31 Å². The Morgan fingerprint density at radius 1 is 1.29 bits per heavy atom. The van der Waals surface area contributed by atoms with Crippen molar-refractivity contribution in [2.45, 2.75) is 58.3 Å². The topological polar surface area (TPSA) is 57.4 Å². The van der Waals surface area contributed by atoms with Gasteiger partial charge in [-0.2, -0.15) is 0 Å². The van der Waals surface area contributed by atoms with Crippen LogP contribution in [0.2, 0.25) is 0 Å². The first kappa shape index (κ1) is 16.2. The maximum atomic E-state index is 5.95. The average molecular weight is 288 g/mol. The van der Waals surface area contributed by atoms with Gasteiger partial charge < -0.3 is 15.0 Å². The predicted molar refractivity (Wildman–Crippen MR) is 86.7 cm³/mol. The highest BCUT2D eigenvalue weighted by atomic mass is 16.7. The van der Waals surface area contributed by atoms with E-state index < -0.39 is 0 Å². The van der Waals surface area contributed by atoms with Gasteiger partial charge in [0.2, 0.25) is 0 Å². The number of pyridine rings is 1. The zero-order valence-electron chi connectivity index (χ0n) is 13.6. The number of nitrogens with two attached hydrogens (primary N) is 1. The third-order valence-corrected chi connectivity index (χ3v) is 4.15. The Labute approximate surface area is 127 Å². The molecule has 4 nitrogen and oxygen atoms in total. The molecule has 0 saturated carbocycles. The van der Waals surface area contributed by atoms with Crippen LogP contribution in [0.25, 0.3) is 6.08 Å². The molecule has 2 heterocycles. The SMILES string of the molecule is CC(N)Cc1ncccc1/C=C/B1OC(C)(C)C(C)(C)O1. The first-order chi connectivity index (χ1) is 9.71. The van der Waals surface area contributed by atoms with Crippen LogP contribution in [0.5, 0.6) is 0 Å². The van der Waals surface area contributed by atoms with Crippen LogP contribution in [0.15, 0.2) is 24.3 Å². The molecule has 0 aromatic carbocycles. The second-order valence-electron chi connectivity index (χ2n) is 6.70. The van der Waals surface area contributed by atoms with E-state index in [4.69, 9.17) is 15.0 Å². The quantitative estimate of drug-likeness (QED) is 0.865. The van der Waals surface area contributed by atoms with Crippen LogP contribution in [0.4, 0.5) is 0 Å². The number of hydrogen-bond donors (Lipinski definition) is 1. The minimum atomic E-state index is -0.335. The van der Waals surface area contributed by atoms with Gasteiger partial charge in [-0.3, -0.25) is 4.98 Å². The summed E-state index contributed by atoms with van der Waals surface area (Å²) in [4.78, 5) is 4.41. The second kappa shape index (κ2) is 5.91. The molecule has 0 aliphatic carbocycles. The van der Waals surface area contributed by atoms with Crippen LogP contribution >= 0.6 is 0 Å². The van der Waals surface area contributed by atoms with Gasteiger partial charge in [0.1, 0.15) is 0 Å². The Balaban J connectivity index is 2.13. The molecule has 0 radical (unpaired) electrons. The van der Waals surface area contributed by atoms with Crippen LogP contribution in [0.1, 0.15) is 45.9 Å². The maximum Gasteiger partial charge on any atom is 0.487 e. The second-order valence-corrected chi connectivity index (χ2v) is 6.70. The minimum absolute atomic E-state index is 0.0869. The van der Waals surface area contributed by atoms with Crippen LogP contribution in [-0.2, 0) is 15.7 Å². The Bertz CT molecular complexity index is 511. The molecule has 0 amide bonds. The van der Waals surface area contributed by atoms with Crippen molar-refractivity contribution in [3.63, 3.8) is 0 Å². The van der Waals surface area contributed by atoms with Crippen molar-refractivity contribution in [3.8, 4) is 0 Å². The van der Waals surface area contributed by atoms with E-state index in [0.29, 0.717) is 0 Å². The molecule has 21 heavy (non-hydrogen) atoms. The summed E-state index contributed by atoms with van der Waals surface area (Å²) in [5.41, 5.74) is 7.30. The zero-order chi connectivity index (χ0) is 15.7. The Morgan fingerprint density at radius 3 is 2.48 bits per heavy atom. The highest BCUT2D eigenvalue weighted by molar-refractivity contribution is 6.52. The Hall–Kier alpha value is -1.17. The molecule has 0 bridgehead atoms. The normalized spacial score (nSPS) is 21.9. The molecule has 2 rings (SSSR count). The third kappa shape index (κ3) is 3.73. The molecule has 1 aliphatic heterocycles. The van der Waals surface area contributed by atoms with E-state index in [2.05, 4.69) is 4.98 Å². The molecule has 1 fully saturated rings. The number of aromatic nitrogens is 1. The van der Waals surface area contributed by atoms with Crippen LogP contribution in [0.3, 0.4) is 0 Å². The molecule has 1 aliphatic rings. The molecule has 1 aromatic heterocycles. The van der Waals surface area contributed by atoms with E-state index in [1.165, 1.54) is 0 Å². The van der Waals surface area contributed by atoms with E-state index in [-0.39, 0.29) is 24.4 Å². The van der Waals surface area contributed by atoms with E-state index >= 15 is 0 Å². The van der Waals surface area contributed by atoms with Gasteiger partial charge in [0, 0.05) is 24.4 Å². The van der Waals surface area contributed by atoms with Crippen molar-refractivity contribution in [2.24, 2.45) is 5.73 Å². The van der Waals surface area contributed by atoms with Gasteiger partial charge in [-0.1, -0.05) is 18.1 Å². The molecule has 2 N–H and O–H groups in total. The van der Waals surface area contributed by atoms with Gasteiger partial charge >= 0.3 is 7.12 Å². The molecule has 5 heteroatoms. The smallest absolute Gasteiger partial charge is 0.400 e. The molecule has 0 spiro atoms. The van der Waals surface area contributed by atoms with Gasteiger partial charge in [0.25, 0.3) is 0 Å². The van der Waals surface area contributed by atoms with Gasteiger partial charge in [-0.15, -0.1) is 0 Å². The number of hydrogen-bond acceptors (Lipinski definition) is 4. The highest BCUT2D eigenvalue weighted by Crippen LogP contribution is 2.37. The van der Waals surface area contributed by atoms with Gasteiger partial charge in [0.05, 0.1) is 11.2 Å². The summed E-state index contributed by atoms with van der Waals surface area (Å²) in [7, 11) is -0.335. The van der Waals surface area contributed by atoms with Gasteiger partial charge in [-0.25, -0.2) is 0 Å². The van der Waals surface area contributed by atoms with E-state index in [1.807, 2.05) is 58.8 Å². The number of nitrogens with zero attached hydrogens (tertiary/aromatic N) is 1. The standard InChI is InChI=1S/C16H25BN2O2/c1-12(18)11-14-13(7-6-10-19-14)8-9-17-20-15(2,3)16(4,5)21-17/h6-10,12H,11,18H2,1-5H3/b9-8+. The minimum Gasteiger partial charge on any atom is -0.400 e. The van der Waals surface area contributed by atoms with Crippen LogP contribution in [-0.4, -0.2) is 29.3 Å². The summed E-state index contributed by atoms with van der Waals surface area (Å²) in [6.07, 6.45) is 4.56. The number of rotatable bonds is 4. The van der Waals surface area contributed by atoms with E-state index in [1.54, 1.807) is 6.20 Å². The van der Waals surface area contributed by atoms with Crippen molar-refractivity contribution in [2.75, 3.05) is 0 Å². The van der Waals surface area contributed by atoms with E-state index in [9.17, 15) is 0 Å². The summed E-state index contributed by atoms with van der Waals surface area (Å²) in [5.74, 6) is 1.94. The summed E-state index contributed by atoms with van der Waals surface area (Å²) in [6, 6.07) is 4.05. The average Bonchev–Trinajstić information content (AvgIpc) is 2.56. The lowest BCUT2D eigenvalue weighted by atomic mass is 9.88. The maximum absolute atomic E-state index is 5.95. The lowest BCUT2D eigenvalue weighted by Crippen LogP contribution is -2.41. The lowest BCUT2D eigenvalue weighted by molar-refractivity contribution is 0.00578. The summed E-state index contributed by atoms with van der Waals surface area (Å²) >= 11 is 0. The van der Waals surface area contributed by atoms with Crippen molar-refractivity contribution in [3.05, 3.63) is 35.6 Å². The molecule has 1 saturated heterocycles. The van der Waals surface area contributed by atoms with Crippen molar-refractivity contribution in [1.82, 2.24) is 4.98 Å². The fraction of sp³-hybridized carbons (Fsp3) is 0.562. The van der Waals surface area contributed by atoms with Crippen molar-refractivity contribution >= 4 is 13.2 Å². The van der Waals surface area contributed by atoms with Gasteiger partial charge in [0.15, 0.2) is 0 Å². The van der Waals surface area contributed by atoms with Crippen molar-refractivity contribution in [1.29, 1.82) is 0 Å². The molecule has 1 atom stereocenters. The molecule has 114 valence electrons. The fourth-order valence-electron chi connectivity index (χ4n) is 2.23. The third-order valence-electron chi connectivity index (χ3n) is 4.15. The summed E-state index contributed by atoms with van der Waals surface area (Å²) in [5, 5.41) is 0. The first-order valence-electron chi connectivity index (χ1n) is 7.44. The van der Waals surface area contributed by atoms with Crippen LogP contribution < -0.4 is 5.73 Å². The summed E-state index contributed by atoms with van der Waals surface area (Å²) in [6.45, 7) is 10.2. The molecular weight excluding hydrogens is 263 g/mol. The summed E-state index contributed by atoms with van der Waals surface area (Å²) < 4.78 is 11.9. The first-order valence-corrected chi connectivity index (χ1v) is 7.44. The van der Waals surface area contributed by atoms with Crippen LogP contribution in [0, 0.1) is 0 Å². The lowest BCUT2D eigenvalue weighted by Gasteiger charge is -2.32. The predicted octanol–water partition coefficient (Wildman–Crippen LogP) is 2.62. The Kier molecular flexibility index (Phi) is 4.56.